The van der Waals surface area contributed by atoms with Gasteiger partial charge in [-0.3, -0.25) is 0 Å². The van der Waals surface area contributed by atoms with E-state index in [-0.39, 0.29) is 0 Å². The molecule has 10 rings (SSSR count). The smallest absolute Gasteiger partial charge is 0.160 e. The van der Waals surface area contributed by atoms with E-state index in [9.17, 15) is 0 Å². The summed E-state index contributed by atoms with van der Waals surface area (Å²) < 4.78 is 3.95. The summed E-state index contributed by atoms with van der Waals surface area (Å²) in [6.45, 7) is 2.35. The highest BCUT2D eigenvalue weighted by atomic mass is 32.1. The van der Waals surface area contributed by atoms with E-state index in [0.717, 1.165) is 40.3 Å². The molecule has 242 valence electrons. The molecular formula is C47H32N2S2. The van der Waals surface area contributed by atoms with Crippen molar-refractivity contribution in [2.75, 3.05) is 0 Å². The van der Waals surface area contributed by atoms with Gasteiger partial charge in [-0.2, -0.15) is 0 Å². The maximum Gasteiger partial charge on any atom is 0.160 e. The number of benzene rings is 6. The van der Waals surface area contributed by atoms with Crippen LogP contribution in [0.15, 0.2) is 152 Å². The van der Waals surface area contributed by atoms with E-state index in [1.807, 2.05) is 34.8 Å². The van der Waals surface area contributed by atoms with Crippen LogP contribution < -0.4 is 0 Å². The number of thiophene rings is 2. The van der Waals surface area contributed by atoms with Gasteiger partial charge in [0.25, 0.3) is 0 Å². The van der Waals surface area contributed by atoms with E-state index in [4.69, 9.17) is 9.97 Å². The lowest BCUT2D eigenvalue weighted by molar-refractivity contribution is 0.783. The summed E-state index contributed by atoms with van der Waals surface area (Å²) >= 11 is 3.79. The number of nitrogens with zero attached hydrogens (tertiary/aromatic N) is 2. The summed E-state index contributed by atoms with van der Waals surface area (Å²) in [5.74, 6) is 1.23. The van der Waals surface area contributed by atoms with Crippen LogP contribution in [-0.4, -0.2) is 9.97 Å². The third-order valence-electron chi connectivity index (χ3n) is 10.1. The molecule has 9 aromatic rings. The van der Waals surface area contributed by atoms with Crippen molar-refractivity contribution in [1.82, 2.24) is 9.97 Å². The minimum atomic E-state index is 0.506. The zero-order valence-electron chi connectivity index (χ0n) is 28.0. The Labute approximate surface area is 305 Å². The standard InChI is InChI=1S/C47H32N2S2/c1-29-13-10-24-43-44(29)39-22-12-20-36(46(39)51-43)33-25-32(35-19-11-21-38-37-18-8-9-23-42(37)50-45(35)38)26-34(27-33)47-48-40(30-14-4-2-5-15-30)28-41(49-47)31-16-6-3-7-17-31/h2-12,14-29H,13H2,1H3. The van der Waals surface area contributed by atoms with Gasteiger partial charge in [-0.25, -0.2) is 9.97 Å². The van der Waals surface area contributed by atoms with E-state index in [2.05, 4.69) is 153 Å². The zero-order chi connectivity index (χ0) is 33.9. The average molecular weight is 689 g/mol. The van der Waals surface area contributed by atoms with Crippen molar-refractivity contribution in [3.63, 3.8) is 0 Å². The van der Waals surface area contributed by atoms with Crippen LogP contribution in [0.25, 0.3) is 92.5 Å². The molecule has 6 aromatic carbocycles. The third kappa shape index (κ3) is 5.22. The fraction of sp³-hybridized carbons (Fsp3) is 0.0638. The molecule has 0 fully saturated rings. The van der Waals surface area contributed by atoms with Crippen LogP contribution >= 0.6 is 22.7 Å². The Morgan fingerprint density at radius 2 is 1.08 bits per heavy atom. The maximum atomic E-state index is 5.28. The molecule has 1 unspecified atom stereocenters. The van der Waals surface area contributed by atoms with Crippen LogP contribution in [-0.2, 0) is 0 Å². The first-order chi connectivity index (χ1) is 25.2. The molecule has 3 heterocycles. The largest absolute Gasteiger partial charge is 0.228 e. The van der Waals surface area contributed by atoms with E-state index in [1.165, 1.54) is 63.0 Å². The molecule has 0 aliphatic heterocycles. The number of allylic oxidation sites excluding steroid dienone is 1. The van der Waals surface area contributed by atoms with Gasteiger partial charge in [0.2, 0.25) is 0 Å². The Balaban J connectivity index is 1.25. The van der Waals surface area contributed by atoms with Crippen molar-refractivity contribution >= 4 is 59.0 Å². The molecular weight excluding hydrogens is 657 g/mol. The highest BCUT2D eigenvalue weighted by molar-refractivity contribution is 7.26. The summed E-state index contributed by atoms with van der Waals surface area (Å²) in [4.78, 5) is 11.9. The lowest BCUT2D eigenvalue weighted by atomic mass is 9.89. The van der Waals surface area contributed by atoms with Crippen LogP contribution in [0, 0.1) is 0 Å². The molecule has 1 aliphatic rings. The average Bonchev–Trinajstić information content (AvgIpc) is 3.78. The molecule has 0 radical (unpaired) electrons. The normalized spacial score (nSPS) is 14.0. The quantitative estimate of drug-likeness (QED) is 0.180. The van der Waals surface area contributed by atoms with E-state index in [1.54, 1.807) is 0 Å². The second kappa shape index (κ2) is 12.3. The molecule has 0 saturated heterocycles. The summed E-state index contributed by atoms with van der Waals surface area (Å²) in [5.41, 5.74) is 11.3. The number of aromatic nitrogens is 2. The van der Waals surface area contributed by atoms with Gasteiger partial charge in [0.15, 0.2) is 5.82 Å². The van der Waals surface area contributed by atoms with Gasteiger partial charge in [0.1, 0.15) is 0 Å². The molecule has 1 atom stereocenters. The monoisotopic (exact) mass is 688 g/mol. The van der Waals surface area contributed by atoms with Crippen LogP contribution in [0.4, 0.5) is 0 Å². The van der Waals surface area contributed by atoms with E-state index >= 15 is 0 Å². The highest BCUT2D eigenvalue weighted by Crippen LogP contribution is 2.47. The van der Waals surface area contributed by atoms with Gasteiger partial charge in [-0.1, -0.05) is 128 Å². The molecule has 2 nitrogen and oxygen atoms in total. The van der Waals surface area contributed by atoms with Gasteiger partial charge in [0, 0.05) is 46.4 Å². The Bertz CT molecular complexity index is 2730. The van der Waals surface area contributed by atoms with Crippen molar-refractivity contribution in [2.45, 2.75) is 19.3 Å². The lowest BCUT2D eigenvalue weighted by Gasteiger charge is -2.15. The molecule has 1 aliphatic carbocycles. The molecule has 4 heteroatoms. The second-order valence-electron chi connectivity index (χ2n) is 13.4. The Morgan fingerprint density at radius 1 is 0.510 bits per heavy atom. The van der Waals surface area contributed by atoms with Crippen LogP contribution in [0.2, 0.25) is 0 Å². The van der Waals surface area contributed by atoms with Crippen LogP contribution in [0.5, 0.6) is 0 Å². The lowest BCUT2D eigenvalue weighted by Crippen LogP contribution is -1.97. The van der Waals surface area contributed by atoms with Crippen molar-refractivity contribution in [3.05, 3.63) is 162 Å². The summed E-state index contributed by atoms with van der Waals surface area (Å²) in [5, 5.41) is 3.97. The first-order valence-corrected chi connectivity index (χ1v) is 19.1. The predicted octanol–water partition coefficient (Wildman–Crippen LogP) is 13.9. The minimum absolute atomic E-state index is 0.506. The first-order valence-electron chi connectivity index (χ1n) is 17.5. The number of hydrogen-bond donors (Lipinski definition) is 0. The number of rotatable bonds is 5. The van der Waals surface area contributed by atoms with Crippen molar-refractivity contribution in [2.24, 2.45) is 0 Å². The summed E-state index contributed by atoms with van der Waals surface area (Å²) in [6, 6.07) is 52.3. The zero-order valence-corrected chi connectivity index (χ0v) is 29.6. The summed E-state index contributed by atoms with van der Waals surface area (Å²) in [7, 11) is 0. The Morgan fingerprint density at radius 3 is 1.76 bits per heavy atom. The fourth-order valence-electron chi connectivity index (χ4n) is 7.65. The number of hydrogen-bond acceptors (Lipinski definition) is 4. The van der Waals surface area contributed by atoms with Gasteiger partial charge in [-0.15, -0.1) is 22.7 Å². The van der Waals surface area contributed by atoms with Crippen molar-refractivity contribution < 1.29 is 0 Å². The van der Waals surface area contributed by atoms with E-state index < -0.39 is 0 Å². The topological polar surface area (TPSA) is 25.8 Å². The maximum absolute atomic E-state index is 5.28. The third-order valence-corrected chi connectivity index (χ3v) is 12.6. The molecule has 0 saturated carbocycles. The molecule has 0 bridgehead atoms. The SMILES string of the molecule is CC1CC=Cc2sc3c(-c4cc(-c5nc(-c6ccccc6)cc(-c6ccccc6)n5)cc(-c5cccc6c5sc5ccccc56)c4)cccc3c21. The Hall–Kier alpha value is -5.68. The summed E-state index contributed by atoms with van der Waals surface area (Å²) in [6.07, 6.45) is 5.73. The predicted molar refractivity (Wildman–Crippen MR) is 220 cm³/mol. The van der Waals surface area contributed by atoms with Gasteiger partial charge < -0.3 is 0 Å². The van der Waals surface area contributed by atoms with E-state index in [0.29, 0.717) is 5.92 Å². The molecule has 0 N–H and O–H groups in total. The number of fused-ring (bicyclic) bond motifs is 6. The minimum Gasteiger partial charge on any atom is -0.228 e. The Kier molecular flexibility index (Phi) is 7.26. The van der Waals surface area contributed by atoms with Crippen molar-refractivity contribution in [3.8, 4) is 56.2 Å². The molecule has 51 heavy (non-hydrogen) atoms. The van der Waals surface area contributed by atoms with Gasteiger partial charge >= 0.3 is 0 Å². The highest BCUT2D eigenvalue weighted by Gasteiger charge is 2.22. The van der Waals surface area contributed by atoms with Gasteiger partial charge in [-0.05, 0) is 82.0 Å². The molecule has 0 amide bonds. The molecule has 0 spiro atoms. The molecule has 3 aromatic heterocycles. The van der Waals surface area contributed by atoms with Crippen molar-refractivity contribution in [1.29, 1.82) is 0 Å². The fourth-order valence-corrected chi connectivity index (χ4v) is 10.3. The van der Waals surface area contributed by atoms with Crippen LogP contribution in [0.3, 0.4) is 0 Å². The second-order valence-corrected chi connectivity index (χ2v) is 15.5. The first kappa shape index (κ1) is 30.2. The van der Waals surface area contributed by atoms with Gasteiger partial charge in [0.05, 0.1) is 11.4 Å². The van der Waals surface area contributed by atoms with Crippen LogP contribution in [0.1, 0.15) is 29.7 Å².